The molecule has 0 amide bonds. The van der Waals surface area contributed by atoms with Gasteiger partial charge in [0.15, 0.2) is 11.5 Å². The summed E-state index contributed by atoms with van der Waals surface area (Å²) in [5.74, 6) is 1.42. The predicted octanol–water partition coefficient (Wildman–Crippen LogP) is 4.41. The Morgan fingerprint density at radius 2 is 1.81 bits per heavy atom. The largest absolute Gasteiger partial charge is 0.493 e. The highest BCUT2D eigenvalue weighted by atomic mass is 79.9. The smallest absolute Gasteiger partial charge is 0.174 e. The quantitative estimate of drug-likeness (QED) is 0.817. The predicted molar refractivity (Wildman–Crippen MR) is 89.2 cm³/mol. The fourth-order valence-electron chi connectivity index (χ4n) is 2.07. The van der Waals surface area contributed by atoms with Gasteiger partial charge in [0.2, 0.25) is 0 Å². The van der Waals surface area contributed by atoms with Crippen LogP contribution in [-0.4, -0.2) is 14.2 Å². The van der Waals surface area contributed by atoms with Gasteiger partial charge in [0.05, 0.1) is 18.7 Å². The summed E-state index contributed by atoms with van der Waals surface area (Å²) in [5.41, 5.74) is 2.27. The number of hydrogen-bond acceptors (Lipinski definition) is 3. The third-order valence-corrected chi connectivity index (χ3v) is 3.86. The Morgan fingerprint density at radius 3 is 2.48 bits per heavy atom. The number of nitrogens with one attached hydrogen (secondary N) is 1. The highest BCUT2D eigenvalue weighted by Crippen LogP contribution is 2.36. The Labute approximate surface area is 138 Å². The molecule has 0 unspecified atom stereocenters. The summed E-state index contributed by atoms with van der Waals surface area (Å²) in [7, 11) is 3.26. The molecule has 2 rings (SSSR count). The number of hydrogen-bond donors (Lipinski definition) is 1. The summed E-state index contributed by atoms with van der Waals surface area (Å²) in [5, 5.41) is 4.14. The van der Waals surface area contributed by atoms with Crippen LogP contribution in [0.2, 0.25) is 5.02 Å². The van der Waals surface area contributed by atoms with E-state index in [0.29, 0.717) is 11.5 Å². The molecule has 2 aromatic carbocycles. The third kappa shape index (κ3) is 4.37. The van der Waals surface area contributed by atoms with Crippen molar-refractivity contribution in [2.45, 2.75) is 13.1 Å². The first-order valence-electron chi connectivity index (χ1n) is 6.49. The van der Waals surface area contributed by atoms with E-state index in [-0.39, 0.29) is 0 Å². The first-order chi connectivity index (χ1) is 10.1. The third-order valence-electron chi connectivity index (χ3n) is 3.04. The van der Waals surface area contributed by atoms with Gasteiger partial charge < -0.3 is 14.8 Å². The summed E-state index contributed by atoms with van der Waals surface area (Å²) in [6, 6.07) is 11.8. The van der Waals surface area contributed by atoms with Gasteiger partial charge in [-0.3, -0.25) is 0 Å². The molecule has 2 aromatic rings. The lowest BCUT2D eigenvalue weighted by atomic mass is 10.2. The molecule has 5 heteroatoms. The molecule has 0 aromatic heterocycles. The van der Waals surface area contributed by atoms with Crippen LogP contribution in [0.4, 0.5) is 0 Å². The number of rotatable bonds is 6. The Morgan fingerprint density at radius 1 is 1.05 bits per heavy atom. The Balaban J connectivity index is 2.02. The lowest BCUT2D eigenvalue weighted by Gasteiger charge is -2.12. The summed E-state index contributed by atoms with van der Waals surface area (Å²) >= 11 is 9.47. The summed E-state index contributed by atoms with van der Waals surface area (Å²) in [4.78, 5) is 0. The van der Waals surface area contributed by atoms with Gasteiger partial charge in [-0.05, 0) is 51.3 Å². The van der Waals surface area contributed by atoms with Gasteiger partial charge in [0.25, 0.3) is 0 Å². The Hall–Kier alpha value is -1.23. The van der Waals surface area contributed by atoms with Gasteiger partial charge in [-0.15, -0.1) is 0 Å². The maximum absolute atomic E-state index is 5.97. The Kier molecular flexibility index (Phi) is 5.91. The van der Waals surface area contributed by atoms with E-state index in [1.807, 2.05) is 36.4 Å². The average molecular weight is 371 g/mol. The molecule has 0 atom stereocenters. The second-order valence-corrected chi connectivity index (χ2v) is 5.84. The second-order valence-electron chi connectivity index (χ2n) is 4.55. The fraction of sp³-hybridized carbons (Fsp3) is 0.250. The summed E-state index contributed by atoms with van der Waals surface area (Å²) in [6.07, 6.45) is 0. The molecule has 0 heterocycles. The topological polar surface area (TPSA) is 30.5 Å². The van der Waals surface area contributed by atoms with Crippen LogP contribution >= 0.6 is 27.5 Å². The molecule has 0 saturated carbocycles. The molecule has 0 saturated heterocycles. The molecule has 0 spiro atoms. The molecule has 0 radical (unpaired) electrons. The zero-order valence-corrected chi connectivity index (χ0v) is 14.3. The van der Waals surface area contributed by atoms with Gasteiger partial charge in [-0.1, -0.05) is 23.7 Å². The van der Waals surface area contributed by atoms with Crippen LogP contribution in [0, 0.1) is 0 Å². The van der Waals surface area contributed by atoms with Crippen molar-refractivity contribution in [3.05, 3.63) is 57.0 Å². The molecule has 112 valence electrons. The van der Waals surface area contributed by atoms with Crippen LogP contribution in [0.1, 0.15) is 11.1 Å². The molecule has 0 bridgehead atoms. The molecule has 3 nitrogen and oxygen atoms in total. The van der Waals surface area contributed by atoms with Crippen molar-refractivity contribution >= 4 is 27.5 Å². The number of benzene rings is 2. The zero-order valence-electron chi connectivity index (χ0n) is 12.0. The minimum atomic E-state index is 0.705. The molecular weight excluding hydrogens is 354 g/mol. The van der Waals surface area contributed by atoms with E-state index in [0.717, 1.165) is 33.7 Å². The van der Waals surface area contributed by atoms with Crippen LogP contribution in [0.25, 0.3) is 0 Å². The van der Waals surface area contributed by atoms with Gasteiger partial charge in [-0.25, -0.2) is 0 Å². The monoisotopic (exact) mass is 369 g/mol. The highest BCUT2D eigenvalue weighted by Gasteiger charge is 2.10. The molecule has 0 aliphatic rings. The van der Waals surface area contributed by atoms with E-state index in [9.17, 15) is 0 Å². The molecule has 1 N–H and O–H groups in total. The van der Waals surface area contributed by atoms with Crippen LogP contribution < -0.4 is 14.8 Å². The lowest BCUT2D eigenvalue weighted by Crippen LogP contribution is -2.12. The van der Waals surface area contributed by atoms with Crippen molar-refractivity contribution in [1.82, 2.24) is 5.32 Å². The Bertz CT molecular complexity index is 619. The van der Waals surface area contributed by atoms with Gasteiger partial charge in [0, 0.05) is 18.1 Å². The van der Waals surface area contributed by atoms with Crippen molar-refractivity contribution in [3.63, 3.8) is 0 Å². The summed E-state index contributed by atoms with van der Waals surface area (Å²) < 4.78 is 11.5. The average Bonchev–Trinajstić information content (AvgIpc) is 2.46. The number of ether oxygens (including phenoxy) is 2. The van der Waals surface area contributed by atoms with Gasteiger partial charge in [0.1, 0.15) is 0 Å². The van der Waals surface area contributed by atoms with E-state index >= 15 is 0 Å². The van der Waals surface area contributed by atoms with Crippen molar-refractivity contribution in [2.75, 3.05) is 14.2 Å². The highest BCUT2D eigenvalue weighted by molar-refractivity contribution is 9.10. The van der Waals surface area contributed by atoms with Crippen LogP contribution in [-0.2, 0) is 13.1 Å². The normalized spacial score (nSPS) is 10.5. The fourth-order valence-corrected chi connectivity index (χ4v) is 2.94. The van der Waals surface area contributed by atoms with Crippen LogP contribution in [0.3, 0.4) is 0 Å². The van der Waals surface area contributed by atoms with E-state index in [1.165, 1.54) is 0 Å². The SMILES string of the molecule is COc1cc(CNCc2cccc(Cl)c2)cc(Br)c1OC. The van der Waals surface area contributed by atoms with E-state index in [1.54, 1.807) is 14.2 Å². The lowest BCUT2D eigenvalue weighted by molar-refractivity contribution is 0.352. The minimum absolute atomic E-state index is 0.705. The maximum atomic E-state index is 5.97. The van der Waals surface area contributed by atoms with Gasteiger partial charge in [-0.2, -0.15) is 0 Å². The van der Waals surface area contributed by atoms with E-state index in [2.05, 4.69) is 21.2 Å². The van der Waals surface area contributed by atoms with Gasteiger partial charge >= 0.3 is 0 Å². The first-order valence-corrected chi connectivity index (χ1v) is 7.66. The number of halogens is 2. The molecule has 21 heavy (non-hydrogen) atoms. The maximum Gasteiger partial charge on any atom is 0.174 e. The molecule has 0 fully saturated rings. The standard InChI is InChI=1S/C16H17BrClNO2/c1-20-15-8-12(7-14(17)16(15)21-2)10-19-9-11-4-3-5-13(18)6-11/h3-8,19H,9-10H2,1-2H3. The van der Waals surface area contributed by atoms with Crippen molar-refractivity contribution in [1.29, 1.82) is 0 Å². The minimum Gasteiger partial charge on any atom is -0.493 e. The van der Waals surface area contributed by atoms with Crippen molar-refractivity contribution in [2.24, 2.45) is 0 Å². The molecule has 0 aliphatic heterocycles. The number of methoxy groups -OCH3 is 2. The zero-order chi connectivity index (χ0) is 15.2. The van der Waals surface area contributed by atoms with Crippen LogP contribution in [0.15, 0.2) is 40.9 Å². The molecule has 0 aliphatic carbocycles. The van der Waals surface area contributed by atoms with Crippen LogP contribution in [0.5, 0.6) is 11.5 Å². The molecular formula is C16H17BrClNO2. The first kappa shape index (κ1) is 16.1. The van der Waals surface area contributed by atoms with E-state index < -0.39 is 0 Å². The van der Waals surface area contributed by atoms with Crippen molar-refractivity contribution in [3.8, 4) is 11.5 Å². The second kappa shape index (κ2) is 7.69. The van der Waals surface area contributed by atoms with E-state index in [4.69, 9.17) is 21.1 Å². The summed E-state index contributed by atoms with van der Waals surface area (Å²) in [6.45, 7) is 1.48. The van der Waals surface area contributed by atoms with Crippen molar-refractivity contribution < 1.29 is 9.47 Å².